The Morgan fingerprint density at radius 3 is 2.83 bits per heavy atom. The Balaban J connectivity index is 1.66. The van der Waals surface area contributed by atoms with Crippen molar-refractivity contribution in [1.29, 1.82) is 0 Å². The van der Waals surface area contributed by atoms with E-state index in [0.29, 0.717) is 13.1 Å². The first kappa shape index (κ1) is 16.2. The Morgan fingerprint density at radius 1 is 1.25 bits per heavy atom. The number of rotatable bonds is 4. The van der Waals surface area contributed by atoms with E-state index in [2.05, 4.69) is 10.3 Å². The lowest BCUT2D eigenvalue weighted by Gasteiger charge is -2.20. The van der Waals surface area contributed by atoms with E-state index < -0.39 is 0 Å². The molecule has 5 nitrogen and oxygen atoms in total. The van der Waals surface area contributed by atoms with E-state index in [1.54, 1.807) is 11.1 Å². The molecule has 3 rings (SSSR count). The Labute approximate surface area is 141 Å². The largest absolute Gasteiger partial charge is 0.350 e. The molecular formula is C19H21N3O2. The van der Waals surface area contributed by atoms with Crippen molar-refractivity contribution in [3.05, 3.63) is 59.4 Å². The zero-order chi connectivity index (χ0) is 17.1. The monoisotopic (exact) mass is 323 g/mol. The van der Waals surface area contributed by atoms with Crippen LogP contribution in [0.2, 0.25) is 0 Å². The molecule has 1 fully saturated rings. The maximum atomic E-state index is 12.4. The first-order valence-corrected chi connectivity index (χ1v) is 8.10. The van der Waals surface area contributed by atoms with Gasteiger partial charge in [0, 0.05) is 24.8 Å². The minimum absolute atomic E-state index is 0.00156. The maximum absolute atomic E-state index is 12.4. The lowest BCUT2D eigenvalue weighted by molar-refractivity contribution is -0.126. The zero-order valence-electron chi connectivity index (χ0n) is 14.0. The number of aromatic nitrogens is 1. The van der Waals surface area contributed by atoms with Crippen LogP contribution in [-0.4, -0.2) is 23.3 Å². The van der Waals surface area contributed by atoms with Crippen molar-refractivity contribution < 1.29 is 9.59 Å². The van der Waals surface area contributed by atoms with Gasteiger partial charge in [0.05, 0.1) is 18.2 Å². The van der Waals surface area contributed by atoms with Gasteiger partial charge in [-0.25, -0.2) is 0 Å². The maximum Gasteiger partial charge on any atom is 0.227 e. The molecule has 1 saturated heterocycles. The van der Waals surface area contributed by atoms with Gasteiger partial charge < -0.3 is 10.2 Å². The number of hydrogen-bond acceptors (Lipinski definition) is 3. The number of nitrogens with one attached hydrogen (secondary N) is 1. The summed E-state index contributed by atoms with van der Waals surface area (Å²) in [6.45, 7) is 4.84. The van der Waals surface area contributed by atoms with Crippen molar-refractivity contribution in [3.8, 4) is 0 Å². The summed E-state index contributed by atoms with van der Waals surface area (Å²) in [6.07, 6.45) is 1.95. The quantitative estimate of drug-likeness (QED) is 0.939. The van der Waals surface area contributed by atoms with Crippen LogP contribution in [0.5, 0.6) is 0 Å². The summed E-state index contributed by atoms with van der Waals surface area (Å²) < 4.78 is 0. The van der Waals surface area contributed by atoms with Crippen molar-refractivity contribution in [1.82, 2.24) is 10.3 Å². The fourth-order valence-corrected chi connectivity index (χ4v) is 2.97. The molecule has 1 aliphatic heterocycles. The molecule has 1 aliphatic rings. The van der Waals surface area contributed by atoms with Crippen molar-refractivity contribution in [2.45, 2.75) is 26.8 Å². The predicted molar refractivity (Wildman–Crippen MR) is 92.5 cm³/mol. The normalized spacial score (nSPS) is 17.2. The number of nitrogens with zero attached hydrogens (tertiary/aromatic N) is 2. The van der Waals surface area contributed by atoms with Crippen molar-refractivity contribution in [2.24, 2.45) is 5.92 Å². The van der Waals surface area contributed by atoms with E-state index in [1.165, 1.54) is 0 Å². The van der Waals surface area contributed by atoms with Crippen LogP contribution in [0, 0.1) is 19.8 Å². The van der Waals surface area contributed by atoms with Gasteiger partial charge in [0.1, 0.15) is 0 Å². The average molecular weight is 323 g/mol. The first-order valence-electron chi connectivity index (χ1n) is 8.10. The molecule has 124 valence electrons. The van der Waals surface area contributed by atoms with Gasteiger partial charge in [-0.2, -0.15) is 0 Å². The van der Waals surface area contributed by atoms with Gasteiger partial charge in [-0.15, -0.1) is 0 Å². The highest BCUT2D eigenvalue weighted by Gasteiger charge is 2.35. The molecule has 2 amide bonds. The van der Waals surface area contributed by atoms with Gasteiger partial charge in [-0.05, 0) is 43.2 Å². The fraction of sp³-hybridized carbons (Fsp3) is 0.316. The first-order chi connectivity index (χ1) is 11.6. The highest BCUT2D eigenvalue weighted by atomic mass is 16.2. The smallest absolute Gasteiger partial charge is 0.227 e. The molecule has 1 unspecified atom stereocenters. The highest BCUT2D eigenvalue weighted by molar-refractivity contribution is 6.00. The van der Waals surface area contributed by atoms with Crippen LogP contribution in [0.25, 0.3) is 0 Å². The Bertz CT molecular complexity index is 758. The van der Waals surface area contributed by atoms with Crippen molar-refractivity contribution >= 4 is 17.5 Å². The van der Waals surface area contributed by atoms with E-state index in [1.807, 2.05) is 50.2 Å². The molecule has 1 atom stereocenters. The van der Waals surface area contributed by atoms with Gasteiger partial charge in [0.15, 0.2) is 0 Å². The van der Waals surface area contributed by atoms with Crippen LogP contribution in [0.15, 0.2) is 42.6 Å². The molecule has 0 aliphatic carbocycles. The number of pyridine rings is 1. The van der Waals surface area contributed by atoms with Gasteiger partial charge >= 0.3 is 0 Å². The van der Waals surface area contributed by atoms with E-state index in [0.717, 1.165) is 22.5 Å². The molecule has 2 heterocycles. The molecule has 1 N–H and O–H groups in total. The second-order valence-corrected chi connectivity index (χ2v) is 6.16. The lowest BCUT2D eigenvalue weighted by atomic mass is 10.1. The van der Waals surface area contributed by atoms with E-state index in [9.17, 15) is 9.59 Å². The van der Waals surface area contributed by atoms with Crippen LogP contribution in [0.1, 0.15) is 23.2 Å². The predicted octanol–water partition coefficient (Wildman–Crippen LogP) is 2.37. The zero-order valence-corrected chi connectivity index (χ0v) is 14.0. The summed E-state index contributed by atoms with van der Waals surface area (Å²) in [7, 11) is 0. The molecule has 24 heavy (non-hydrogen) atoms. The Kier molecular flexibility index (Phi) is 4.60. The topological polar surface area (TPSA) is 62.3 Å². The summed E-state index contributed by atoms with van der Waals surface area (Å²) in [5.74, 6) is -0.412. The minimum atomic E-state index is -0.318. The van der Waals surface area contributed by atoms with Crippen LogP contribution < -0.4 is 10.2 Å². The molecule has 0 bridgehead atoms. The van der Waals surface area contributed by atoms with E-state index in [-0.39, 0.29) is 24.2 Å². The standard InChI is InChI=1S/C19H21N3O2/c1-13-6-5-8-17(14(13)2)22-12-15(10-18(22)23)19(24)21-11-16-7-3-4-9-20-16/h3-9,15H,10-12H2,1-2H3,(H,21,24). The van der Waals surface area contributed by atoms with Crippen molar-refractivity contribution in [2.75, 3.05) is 11.4 Å². The average Bonchev–Trinajstić information content (AvgIpc) is 2.98. The minimum Gasteiger partial charge on any atom is -0.350 e. The van der Waals surface area contributed by atoms with Crippen LogP contribution in [0.4, 0.5) is 5.69 Å². The SMILES string of the molecule is Cc1cccc(N2CC(C(=O)NCc3ccccn3)CC2=O)c1C. The summed E-state index contributed by atoms with van der Waals surface area (Å²) in [5.41, 5.74) is 3.94. The molecule has 5 heteroatoms. The highest BCUT2D eigenvalue weighted by Crippen LogP contribution is 2.29. The molecule has 1 aromatic carbocycles. The molecule has 0 radical (unpaired) electrons. The molecule has 2 aromatic rings. The number of aryl methyl sites for hydroxylation is 1. The lowest BCUT2D eigenvalue weighted by Crippen LogP contribution is -2.33. The van der Waals surface area contributed by atoms with E-state index >= 15 is 0 Å². The van der Waals surface area contributed by atoms with Crippen molar-refractivity contribution in [3.63, 3.8) is 0 Å². The third-order valence-corrected chi connectivity index (χ3v) is 4.53. The summed E-state index contributed by atoms with van der Waals surface area (Å²) >= 11 is 0. The van der Waals surface area contributed by atoms with Gasteiger partial charge in [-0.1, -0.05) is 18.2 Å². The van der Waals surface area contributed by atoms with Gasteiger partial charge in [0.2, 0.25) is 11.8 Å². The number of carbonyl (C=O) groups is 2. The van der Waals surface area contributed by atoms with Crippen LogP contribution >= 0.6 is 0 Å². The summed E-state index contributed by atoms with van der Waals surface area (Å²) in [5, 5.41) is 2.88. The molecule has 1 aromatic heterocycles. The van der Waals surface area contributed by atoms with Crippen LogP contribution in [0.3, 0.4) is 0 Å². The Morgan fingerprint density at radius 2 is 2.08 bits per heavy atom. The molecule has 0 saturated carbocycles. The third-order valence-electron chi connectivity index (χ3n) is 4.53. The van der Waals surface area contributed by atoms with Gasteiger partial charge in [-0.3, -0.25) is 14.6 Å². The number of benzene rings is 1. The summed E-state index contributed by atoms with van der Waals surface area (Å²) in [6, 6.07) is 11.5. The van der Waals surface area contributed by atoms with Gasteiger partial charge in [0.25, 0.3) is 0 Å². The fourth-order valence-electron chi connectivity index (χ4n) is 2.97. The second kappa shape index (κ2) is 6.83. The second-order valence-electron chi connectivity index (χ2n) is 6.16. The number of anilines is 1. The number of amides is 2. The third kappa shape index (κ3) is 3.30. The van der Waals surface area contributed by atoms with E-state index in [4.69, 9.17) is 0 Å². The number of carbonyl (C=O) groups excluding carboxylic acids is 2. The molecule has 0 spiro atoms. The summed E-state index contributed by atoms with van der Waals surface area (Å²) in [4.78, 5) is 30.6. The number of hydrogen-bond donors (Lipinski definition) is 1. The Hall–Kier alpha value is -2.69. The molecular weight excluding hydrogens is 302 g/mol. The van der Waals surface area contributed by atoms with Crippen LogP contribution in [-0.2, 0) is 16.1 Å².